The van der Waals surface area contributed by atoms with E-state index in [0.29, 0.717) is 41.4 Å². The smallest absolute Gasteiger partial charge is 0.291 e. The van der Waals surface area contributed by atoms with E-state index in [-0.39, 0.29) is 65.5 Å². The average Bonchev–Trinajstić information content (AvgIpc) is 4.18. The summed E-state index contributed by atoms with van der Waals surface area (Å²) >= 11 is 0. The largest absolute Gasteiger partial charge is 0.355 e. The summed E-state index contributed by atoms with van der Waals surface area (Å²) in [6.07, 6.45) is 10.3. The van der Waals surface area contributed by atoms with Crippen molar-refractivity contribution < 1.29 is 43.2 Å². The number of nitrogens with zero attached hydrogens (tertiary/aromatic N) is 8. The van der Waals surface area contributed by atoms with Crippen LogP contribution in [0.1, 0.15) is 75.9 Å². The second kappa shape index (κ2) is 22.9. The third-order valence-corrected chi connectivity index (χ3v) is 10.9. The first kappa shape index (κ1) is 52.2. The normalized spacial score (nSPS) is 10.9. The molecule has 0 unspecified atom stereocenters. The van der Waals surface area contributed by atoms with E-state index in [0.717, 1.165) is 13.0 Å². The van der Waals surface area contributed by atoms with Crippen molar-refractivity contribution in [1.29, 1.82) is 0 Å². The maximum atomic E-state index is 13.3. The molecule has 6 rings (SSSR count). The van der Waals surface area contributed by atoms with Crippen molar-refractivity contribution in [1.82, 2.24) is 53.2 Å². The van der Waals surface area contributed by atoms with E-state index >= 15 is 0 Å². The van der Waals surface area contributed by atoms with Crippen molar-refractivity contribution in [3.8, 4) is 0 Å². The minimum absolute atomic E-state index is 0.0306. The van der Waals surface area contributed by atoms with Crippen LogP contribution in [-0.4, -0.2) is 131 Å². The minimum Gasteiger partial charge on any atom is -0.355 e. The predicted molar refractivity (Wildman–Crippen MR) is 266 cm³/mol. The van der Waals surface area contributed by atoms with Gasteiger partial charge in [-0.05, 0) is 57.4 Å². The van der Waals surface area contributed by atoms with E-state index in [1.54, 1.807) is 67.1 Å². The Bertz CT molecular complexity index is 3050. The number of carbonyl (C=O) groups excluding carboxylic acids is 9. The topological polar surface area (TPSA) is 308 Å². The summed E-state index contributed by atoms with van der Waals surface area (Å²) in [5, 5.41) is 24.1. The monoisotopic (exact) mass is 991 g/mol. The van der Waals surface area contributed by atoms with E-state index in [1.807, 2.05) is 19.0 Å². The molecule has 0 aliphatic heterocycles. The summed E-state index contributed by atoms with van der Waals surface area (Å²) in [7, 11) is 13.6. The number of carbonyl (C=O) groups is 9. The zero-order valence-electron chi connectivity index (χ0n) is 40.9. The van der Waals surface area contributed by atoms with Crippen LogP contribution in [0.25, 0.3) is 0 Å². The Morgan fingerprint density at radius 2 is 0.889 bits per heavy atom. The molecule has 0 aliphatic carbocycles. The first-order valence-corrected chi connectivity index (χ1v) is 22.3. The van der Waals surface area contributed by atoms with Crippen LogP contribution in [0, 0.1) is 0 Å². The van der Waals surface area contributed by atoms with Crippen molar-refractivity contribution in [2.75, 3.05) is 72.2 Å². The number of aromatic nitrogens is 7. The SMILES string of the molecule is CN(C)CCCNC(=O)CNC(=O)c1cc(NC(=O)c2cc(NC(=O)c3cc(NC(=O)CCNC(=O)c4cc(NC(=O)c5cc(NC(=O)c6nc(NC=O)cn6C)cn5C)cn4C)cn3C)cn2C)cn1C. The van der Waals surface area contributed by atoms with E-state index in [2.05, 4.69) is 52.8 Å². The lowest BCUT2D eigenvalue weighted by Gasteiger charge is -2.10. The Morgan fingerprint density at radius 3 is 1.32 bits per heavy atom. The third kappa shape index (κ3) is 13.3. The van der Waals surface area contributed by atoms with Gasteiger partial charge in [-0.15, -0.1) is 0 Å². The van der Waals surface area contributed by atoms with Gasteiger partial charge in [0.1, 0.15) is 28.5 Å². The van der Waals surface area contributed by atoms with Crippen molar-refractivity contribution in [2.24, 2.45) is 42.3 Å². The van der Waals surface area contributed by atoms with Gasteiger partial charge in [0.05, 0.1) is 35.0 Å². The van der Waals surface area contributed by atoms with E-state index in [9.17, 15) is 43.2 Å². The maximum absolute atomic E-state index is 13.3. The number of hydrogen-bond acceptors (Lipinski definition) is 11. The van der Waals surface area contributed by atoms with Gasteiger partial charge in [-0.1, -0.05) is 0 Å². The number of amides is 9. The average molecular weight is 992 g/mol. The van der Waals surface area contributed by atoms with Crippen molar-refractivity contribution in [3.63, 3.8) is 0 Å². The van der Waals surface area contributed by atoms with Gasteiger partial charge < -0.3 is 80.2 Å². The molecule has 0 aliphatic rings. The highest BCUT2D eigenvalue weighted by molar-refractivity contribution is 6.09. The molecule has 380 valence electrons. The third-order valence-electron chi connectivity index (χ3n) is 10.9. The molecule has 6 aromatic rings. The molecule has 9 N–H and O–H groups in total. The lowest BCUT2D eigenvalue weighted by Crippen LogP contribution is -2.38. The Kier molecular flexibility index (Phi) is 16.6. The first-order chi connectivity index (χ1) is 34.2. The number of hydrogen-bond donors (Lipinski definition) is 9. The fourth-order valence-corrected chi connectivity index (χ4v) is 7.41. The molecule has 0 spiro atoms. The lowest BCUT2D eigenvalue weighted by atomic mass is 10.3. The molecule has 0 saturated carbocycles. The van der Waals surface area contributed by atoms with Crippen LogP contribution >= 0.6 is 0 Å². The van der Waals surface area contributed by atoms with Crippen LogP contribution < -0.4 is 47.9 Å². The fourth-order valence-electron chi connectivity index (χ4n) is 7.41. The zero-order valence-corrected chi connectivity index (χ0v) is 40.9. The molecule has 9 amide bonds. The van der Waals surface area contributed by atoms with Gasteiger partial charge in [-0.2, -0.15) is 0 Å². The highest BCUT2D eigenvalue weighted by atomic mass is 16.2. The molecule has 6 heterocycles. The van der Waals surface area contributed by atoms with E-state index < -0.39 is 41.4 Å². The first-order valence-electron chi connectivity index (χ1n) is 22.3. The second-order valence-electron chi connectivity index (χ2n) is 17.0. The Balaban J connectivity index is 0.941. The maximum Gasteiger partial charge on any atom is 0.291 e. The zero-order chi connectivity index (χ0) is 52.4. The molecular formula is C46H57N17O9. The molecule has 26 heteroatoms. The Labute approximate surface area is 412 Å². The van der Waals surface area contributed by atoms with Gasteiger partial charge in [0.15, 0.2) is 5.82 Å². The van der Waals surface area contributed by atoms with Gasteiger partial charge in [-0.25, -0.2) is 4.98 Å². The molecular weight excluding hydrogens is 935 g/mol. The van der Waals surface area contributed by atoms with Gasteiger partial charge in [0.25, 0.3) is 35.4 Å². The van der Waals surface area contributed by atoms with Crippen molar-refractivity contribution in [2.45, 2.75) is 12.8 Å². The molecule has 26 nitrogen and oxygen atoms in total. The number of rotatable bonds is 22. The second-order valence-corrected chi connectivity index (χ2v) is 17.0. The molecule has 0 atom stereocenters. The summed E-state index contributed by atoms with van der Waals surface area (Å²) in [6.45, 7) is 1.06. The number of imidazole rings is 1. The van der Waals surface area contributed by atoms with Crippen LogP contribution in [0.2, 0.25) is 0 Å². The van der Waals surface area contributed by atoms with Crippen LogP contribution in [0.4, 0.5) is 34.3 Å². The van der Waals surface area contributed by atoms with Gasteiger partial charge in [0, 0.05) is 99.0 Å². The summed E-state index contributed by atoms with van der Waals surface area (Å²) in [5.74, 6) is -3.65. The van der Waals surface area contributed by atoms with Crippen molar-refractivity contribution >= 4 is 87.9 Å². The highest BCUT2D eigenvalue weighted by Gasteiger charge is 2.22. The minimum atomic E-state index is -0.566. The number of aryl methyl sites for hydroxylation is 6. The number of anilines is 6. The molecule has 0 bridgehead atoms. The van der Waals surface area contributed by atoms with E-state index in [1.165, 1.54) is 70.1 Å². The molecule has 0 fully saturated rings. The molecule has 0 radical (unpaired) electrons. The van der Waals surface area contributed by atoms with E-state index in [4.69, 9.17) is 0 Å². The predicted octanol–water partition coefficient (Wildman–Crippen LogP) is 1.25. The Hall–Kier alpha value is -9.20. The lowest BCUT2D eigenvalue weighted by molar-refractivity contribution is -0.120. The van der Waals surface area contributed by atoms with Gasteiger partial charge in [-0.3, -0.25) is 43.2 Å². The summed E-state index contributed by atoms with van der Waals surface area (Å²) in [5.41, 5.74) is 2.63. The molecule has 72 heavy (non-hydrogen) atoms. The van der Waals surface area contributed by atoms with Crippen LogP contribution in [0.15, 0.2) is 67.5 Å². The number of nitrogens with one attached hydrogen (secondary N) is 9. The molecule has 0 saturated heterocycles. The standard InChI is InChI=1S/C46H57N17O9/c1-57(2)13-9-11-47-39(66)19-49-42(68)33-16-29(22-59(33)4)53-44(70)35-17-30(23-61(35)6)54-43(69)34-14-27(20-60(34)5)51-38(65)10-12-48-41(67)32-15-28(21-58(32)3)52-45(71)36-18-31(24-62(36)7)55-46(72)40-56-37(50-26-64)25-63(40)8/h14-18,20-26H,9-13,19H2,1-8H3,(H,47,66)(H,48,67)(H,49,68)(H,50,64)(H,51,65)(H,52,71)(H,53,70)(H,54,69)(H,55,72). The highest BCUT2D eigenvalue weighted by Crippen LogP contribution is 2.21. The van der Waals surface area contributed by atoms with Gasteiger partial charge in [0.2, 0.25) is 24.0 Å². The van der Waals surface area contributed by atoms with Gasteiger partial charge >= 0.3 is 0 Å². The molecule has 0 aromatic carbocycles. The van der Waals surface area contributed by atoms with Crippen LogP contribution in [0.3, 0.4) is 0 Å². The fraction of sp³-hybridized carbons (Fsp3) is 0.304. The summed E-state index contributed by atoms with van der Waals surface area (Å²) in [6, 6.07) is 7.38. The van der Waals surface area contributed by atoms with Crippen LogP contribution in [-0.2, 0) is 56.7 Å². The quantitative estimate of drug-likeness (QED) is 0.0344. The molecule has 6 aromatic heterocycles. The summed E-state index contributed by atoms with van der Waals surface area (Å²) < 4.78 is 9.01. The van der Waals surface area contributed by atoms with Crippen molar-refractivity contribution in [3.05, 3.63) is 102 Å². The Morgan fingerprint density at radius 1 is 0.486 bits per heavy atom. The van der Waals surface area contributed by atoms with Crippen LogP contribution in [0.5, 0.6) is 0 Å². The summed E-state index contributed by atoms with van der Waals surface area (Å²) in [4.78, 5) is 120.